The fraction of sp³-hybridized carbons (Fsp3) is 0.857. The smallest absolute Gasteiger partial charge is 0.323 e. The first-order valence-corrected chi connectivity index (χ1v) is 7.05. The lowest BCUT2D eigenvalue weighted by atomic mass is 9.94. The van der Waals surface area contributed by atoms with Gasteiger partial charge in [0, 0.05) is 6.54 Å². The zero-order valence-electron chi connectivity index (χ0n) is 12.1. The van der Waals surface area contributed by atoms with Crippen molar-refractivity contribution in [2.24, 2.45) is 5.92 Å². The number of nitrogens with zero attached hydrogens (tertiary/aromatic N) is 1. The Labute approximate surface area is 110 Å². The summed E-state index contributed by atoms with van der Waals surface area (Å²) >= 11 is 0. The first-order chi connectivity index (χ1) is 8.40. The molecular weight excluding hydrogens is 228 g/mol. The largest absolute Gasteiger partial charge is 0.325 e. The number of hydrogen-bond donors (Lipinski definition) is 1. The summed E-state index contributed by atoms with van der Waals surface area (Å²) < 4.78 is 0. The summed E-state index contributed by atoms with van der Waals surface area (Å²) in [5.74, 6) is 0.250. The lowest BCUT2D eigenvalue weighted by Gasteiger charge is -2.22. The van der Waals surface area contributed by atoms with E-state index >= 15 is 0 Å². The molecule has 1 saturated heterocycles. The molecule has 1 aliphatic rings. The molecule has 0 spiro atoms. The normalized spacial score (nSPS) is 23.9. The number of hydrogen-bond acceptors (Lipinski definition) is 2. The van der Waals surface area contributed by atoms with Crippen molar-refractivity contribution in [3.63, 3.8) is 0 Å². The third-order valence-electron chi connectivity index (χ3n) is 3.42. The van der Waals surface area contributed by atoms with Crippen LogP contribution >= 0.6 is 0 Å². The Morgan fingerprint density at radius 3 is 2.44 bits per heavy atom. The number of amides is 3. The standard InChI is InChI=1S/C14H26N2O2/c1-5-6-7-8-9-14(4)12(17)16(10-11(2)3)13(18)15-14/h11H,5-10H2,1-4H3,(H,15,18). The van der Waals surface area contributed by atoms with Crippen molar-refractivity contribution in [2.75, 3.05) is 6.54 Å². The van der Waals surface area contributed by atoms with Crippen molar-refractivity contribution in [2.45, 2.75) is 65.3 Å². The highest BCUT2D eigenvalue weighted by Crippen LogP contribution is 2.24. The number of carbonyl (C=O) groups excluding carboxylic acids is 2. The van der Waals surface area contributed by atoms with Gasteiger partial charge in [0.2, 0.25) is 0 Å². The molecule has 1 atom stereocenters. The maximum atomic E-state index is 12.3. The van der Waals surface area contributed by atoms with Crippen LogP contribution in [0.3, 0.4) is 0 Å². The average Bonchev–Trinajstić information content (AvgIpc) is 2.49. The van der Waals surface area contributed by atoms with Crippen LogP contribution in [0.25, 0.3) is 0 Å². The van der Waals surface area contributed by atoms with E-state index in [1.54, 1.807) is 0 Å². The Morgan fingerprint density at radius 2 is 1.89 bits per heavy atom. The van der Waals surface area contributed by atoms with Crippen molar-refractivity contribution < 1.29 is 9.59 Å². The van der Waals surface area contributed by atoms with Crippen LogP contribution in [0.2, 0.25) is 0 Å². The predicted octanol–water partition coefficient (Wildman–Crippen LogP) is 2.92. The number of carbonyl (C=O) groups is 2. The highest BCUT2D eigenvalue weighted by Gasteiger charge is 2.46. The van der Waals surface area contributed by atoms with E-state index in [-0.39, 0.29) is 11.9 Å². The summed E-state index contributed by atoms with van der Waals surface area (Å²) in [7, 11) is 0. The van der Waals surface area contributed by atoms with Crippen molar-refractivity contribution >= 4 is 11.9 Å². The molecule has 0 radical (unpaired) electrons. The summed E-state index contributed by atoms with van der Waals surface area (Å²) in [4.78, 5) is 25.5. The van der Waals surface area contributed by atoms with Gasteiger partial charge in [0.25, 0.3) is 5.91 Å². The molecule has 0 aromatic rings. The molecule has 3 amide bonds. The van der Waals surface area contributed by atoms with E-state index in [1.807, 2.05) is 20.8 Å². The molecule has 1 rings (SSSR count). The third kappa shape index (κ3) is 3.47. The molecule has 1 unspecified atom stereocenters. The highest BCUT2D eigenvalue weighted by atomic mass is 16.2. The molecular formula is C14H26N2O2. The minimum Gasteiger partial charge on any atom is -0.323 e. The average molecular weight is 254 g/mol. The van der Waals surface area contributed by atoms with Crippen molar-refractivity contribution in [1.29, 1.82) is 0 Å². The monoisotopic (exact) mass is 254 g/mol. The molecule has 104 valence electrons. The number of urea groups is 1. The van der Waals surface area contributed by atoms with E-state index < -0.39 is 5.54 Å². The van der Waals surface area contributed by atoms with Crippen LogP contribution in [-0.4, -0.2) is 28.9 Å². The molecule has 4 heteroatoms. The van der Waals surface area contributed by atoms with Crippen LogP contribution in [0.15, 0.2) is 0 Å². The maximum absolute atomic E-state index is 12.3. The van der Waals surface area contributed by atoms with Gasteiger partial charge in [-0.25, -0.2) is 4.79 Å². The summed E-state index contributed by atoms with van der Waals surface area (Å²) in [5.41, 5.74) is -0.681. The summed E-state index contributed by atoms with van der Waals surface area (Å²) in [6.07, 6.45) is 5.22. The number of rotatable bonds is 7. The first-order valence-electron chi connectivity index (χ1n) is 7.05. The second-order valence-electron chi connectivity index (χ2n) is 5.88. The molecule has 1 N–H and O–H groups in total. The highest BCUT2D eigenvalue weighted by molar-refractivity contribution is 6.06. The molecule has 4 nitrogen and oxygen atoms in total. The van der Waals surface area contributed by atoms with Crippen LogP contribution < -0.4 is 5.32 Å². The molecule has 0 aliphatic carbocycles. The summed E-state index contributed by atoms with van der Waals surface area (Å²) in [6.45, 7) is 8.54. The van der Waals surface area contributed by atoms with Crippen molar-refractivity contribution in [1.82, 2.24) is 10.2 Å². The van der Waals surface area contributed by atoms with Gasteiger partial charge in [0.1, 0.15) is 5.54 Å². The van der Waals surface area contributed by atoms with Gasteiger partial charge < -0.3 is 5.32 Å². The fourth-order valence-corrected chi connectivity index (χ4v) is 2.35. The summed E-state index contributed by atoms with van der Waals surface area (Å²) in [6, 6.07) is -0.230. The van der Waals surface area contributed by atoms with Gasteiger partial charge in [0.15, 0.2) is 0 Å². The van der Waals surface area contributed by atoms with E-state index in [9.17, 15) is 9.59 Å². The minimum absolute atomic E-state index is 0.0577. The molecule has 0 saturated carbocycles. The van der Waals surface area contributed by atoms with E-state index in [0.29, 0.717) is 12.5 Å². The van der Waals surface area contributed by atoms with Crippen molar-refractivity contribution in [3.8, 4) is 0 Å². The Balaban J connectivity index is 2.56. The van der Waals surface area contributed by atoms with E-state index in [0.717, 1.165) is 19.3 Å². The number of nitrogens with one attached hydrogen (secondary N) is 1. The van der Waals surface area contributed by atoms with Gasteiger partial charge in [-0.1, -0.05) is 46.5 Å². The Kier molecular flexibility index (Phi) is 5.17. The lowest BCUT2D eigenvalue weighted by molar-refractivity contribution is -0.131. The quantitative estimate of drug-likeness (QED) is 0.561. The van der Waals surface area contributed by atoms with Crippen LogP contribution in [0.4, 0.5) is 4.79 Å². The number of unbranched alkanes of at least 4 members (excludes halogenated alkanes) is 3. The molecule has 1 fully saturated rings. The molecule has 1 heterocycles. The second-order valence-corrected chi connectivity index (χ2v) is 5.88. The summed E-state index contributed by atoms with van der Waals surface area (Å²) in [5, 5.41) is 2.85. The van der Waals surface area contributed by atoms with Crippen LogP contribution in [0.5, 0.6) is 0 Å². The van der Waals surface area contributed by atoms with Gasteiger partial charge in [-0.2, -0.15) is 0 Å². The third-order valence-corrected chi connectivity index (χ3v) is 3.42. The Hall–Kier alpha value is -1.06. The topological polar surface area (TPSA) is 49.4 Å². The van der Waals surface area contributed by atoms with E-state index in [4.69, 9.17) is 0 Å². The number of imide groups is 1. The molecule has 0 aromatic carbocycles. The van der Waals surface area contributed by atoms with Crippen LogP contribution in [-0.2, 0) is 4.79 Å². The van der Waals surface area contributed by atoms with Gasteiger partial charge >= 0.3 is 6.03 Å². The first kappa shape index (κ1) is 15.0. The SMILES string of the molecule is CCCCCCC1(C)NC(=O)N(CC(C)C)C1=O. The molecule has 1 aliphatic heterocycles. The van der Waals surface area contributed by atoms with Crippen LogP contribution in [0.1, 0.15) is 59.8 Å². The molecule has 0 bridgehead atoms. The predicted molar refractivity (Wildman–Crippen MR) is 72.2 cm³/mol. The Bertz CT molecular complexity index is 315. The zero-order valence-corrected chi connectivity index (χ0v) is 12.1. The van der Waals surface area contributed by atoms with Crippen molar-refractivity contribution in [3.05, 3.63) is 0 Å². The molecule has 0 aromatic heterocycles. The van der Waals surface area contributed by atoms with Gasteiger partial charge in [-0.05, 0) is 19.3 Å². The zero-order chi connectivity index (χ0) is 13.8. The molecule has 18 heavy (non-hydrogen) atoms. The van der Waals surface area contributed by atoms with Gasteiger partial charge in [0.05, 0.1) is 0 Å². The fourth-order valence-electron chi connectivity index (χ4n) is 2.35. The minimum atomic E-state index is -0.681. The van der Waals surface area contributed by atoms with Gasteiger partial charge in [-0.3, -0.25) is 9.69 Å². The lowest BCUT2D eigenvalue weighted by Crippen LogP contribution is -2.44. The van der Waals surface area contributed by atoms with E-state index in [1.165, 1.54) is 17.7 Å². The van der Waals surface area contributed by atoms with E-state index in [2.05, 4.69) is 12.2 Å². The Morgan fingerprint density at radius 1 is 1.22 bits per heavy atom. The van der Waals surface area contributed by atoms with Gasteiger partial charge in [-0.15, -0.1) is 0 Å². The second kappa shape index (κ2) is 6.21. The maximum Gasteiger partial charge on any atom is 0.325 e. The van der Waals surface area contributed by atoms with Crippen LogP contribution in [0, 0.1) is 5.92 Å².